The first-order chi connectivity index (χ1) is 15.2. The summed E-state index contributed by atoms with van der Waals surface area (Å²) in [4.78, 5) is 35.6. The van der Waals surface area contributed by atoms with E-state index < -0.39 is 27.9 Å². The zero-order chi connectivity index (χ0) is 23.3. The first-order valence-electron chi connectivity index (χ1n) is 10.2. The highest BCUT2D eigenvalue weighted by Gasteiger charge is 2.39. The Labute approximate surface area is 186 Å². The van der Waals surface area contributed by atoms with Crippen LogP contribution in [-0.4, -0.2) is 49.7 Å². The number of hydrogen-bond acceptors (Lipinski definition) is 7. The summed E-state index contributed by atoms with van der Waals surface area (Å²) < 4.78 is 37.6. The molecule has 1 aromatic heterocycles. The van der Waals surface area contributed by atoms with Crippen molar-refractivity contribution in [1.82, 2.24) is 9.62 Å². The quantitative estimate of drug-likeness (QED) is 0.571. The van der Waals surface area contributed by atoms with Crippen molar-refractivity contribution in [3.8, 4) is 0 Å². The van der Waals surface area contributed by atoms with E-state index in [4.69, 9.17) is 9.15 Å². The van der Waals surface area contributed by atoms with Gasteiger partial charge in [-0.25, -0.2) is 13.2 Å². The number of benzene rings is 1. The molecule has 0 saturated carbocycles. The number of carbonyl (C=O) groups is 3. The fraction of sp³-hybridized carbons (Fsp3) is 0.381. The fourth-order valence-electron chi connectivity index (χ4n) is 3.42. The van der Waals surface area contributed by atoms with Gasteiger partial charge in [0.15, 0.2) is 0 Å². The molecule has 1 saturated heterocycles. The minimum absolute atomic E-state index is 0.00797. The summed E-state index contributed by atoms with van der Waals surface area (Å²) in [6.45, 7) is 3.49. The molecule has 2 N–H and O–H groups in total. The number of anilines is 1. The lowest BCUT2D eigenvalue weighted by Gasteiger charge is -2.23. The number of esters is 1. The molecule has 0 bridgehead atoms. The van der Waals surface area contributed by atoms with Gasteiger partial charge < -0.3 is 19.8 Å². The van der Waals surface area contributed by atoms with E-state index in [0.717, 1.165) is 0 Å². The van der Waals surface area contributed by atoms with Crippen molar-refractivity contribution >= 4 is 33.5 Å². The summed E-state index contributed by atoms with van der Waals surface area (Å²) in [7, 11) is -3.90. The van der Waals surface area contributed by atoms with Gasteiger partial charge in [-0.2, -0.15) is 4.31 Å². The number of nitrogens with one attached hydrogen (secondary N) is 2. The molecule has 32 heavy (non-hydrogen) atoms. The average Bonchev–Trinajstić information content (AvgIpc) is 3.42. The van der Waals surface area contributed by atoms with Gasteiger partial charge in [0.1, 0.15) is 11.8 Å². The Morgan fingerprint density at radius 1 is 1.16 bits per heavy atom. The number of ether oxygens (including phenoxy) is 1. The molecule has 172 valence electrons. The van der Waals surface area contributed by atoms with Crippen LogP contribution in [0, 0.1) is 0 Å². The maximum absolute atomic E-state index is 13.1. The van der Waals surface area contributed by atoms with Crippen molar-refractivity contribution in [2.75, 3.05) is 18.5 Å². The summed E-state index contributed by atoms with van der Waals surface area (Å²) in [6.07, 6.45) is 0.941. The van der Waals surface area contributed by atoms with Crippen LogP contribution in [0.5, 0.6) is 0 Å². The number of hydrogen-bond donors (Lipinski definition) is 2. The third-order valence-electron chi connectivity index (χ3n) is 4.86. The molecule has 1 fully saturated rings. The van der Waals surface area contributed by atoms with E-state index in [-0.39, 0.29) is 36.3 Å². The van der Waals surface area contributed by atoms with Gasteiger partial charge in [-0.05, 0) is 56.2 Å². The summed E-state index contributed by atoms with van der Waals surface area (Å²) >= 11 is 0. The lowest BCUT2D eigenvalue weighted by atomic mass is 10.2. The first kappa shape index (κ1) is 23.5. The largest absolute Gasteiger partial charge is 0.460 e. The van der Waals surface area contributed by atoms with Crippen LogP contribution in [0.4, 0.5) is 5.69 Å². The molecule has 2 aromatic rings. The molecule has 0 unspecified atom stereocenters. The monoisotopic (exact) mass is 463 g/mol. The van der Waals surface area contributed by atoms with E-state index in [1.54, 1.807) is 13.0 Å². The molecule has 11 heteroatoms. The number of rotatable bonds is 8. The van der Waals surface area contributed by atoms with Crippen LogP contribution in [0.3, 0.4) is 0 Å². The molecule has 0 aliphatic carbocycles. The molecule has 1 aromatic carbocycles. The summed E-state index contributed by atoms with van der Waals surface area (Å²) in [6, 6.07) is 7.94. The van der Waals surface area contributed by atoms with Gasteiger partial charge in [-0.15, -0.1) is 0 Å². The number of carbonyl (C=O) groups excluding carboxylic acids is 3. The van der Waals surface area contributed by atoms with Crippen molar-refractivity contribution in [3.63, 3.8) is 0 Å². The van der Waals surface area contributed by atoms with Crippen molar-refractivity contribution in [2.24, 2.45) is 0 Å². The standard InChI is InChI=1S/C21H25N3O7S/c1-3-30-21(27)19-11-8-16(31-19)13-22-20(26)18-5-4-12-24(18)32(28,29)17-9-6-15(7-10-17)23-14(2)25/h6-11,18H,3-5,12-13H2,1-2H3,(H,22,26)(H,23,25)/t18-/m0/s1. The van der Waals surface area contributed by atoms with Crippen LogP contribution in [0.1, 0.15) is 43.0 Å². The zero-order valence-corrected chi connectivity index (χ0v) is 18.6. The van der Waals surface area contributed by atoms with Gasteiger partial charge in [-0.1, -0.05) is 0 Å². The van der Waals surface area contributed by atoms with E-state index in [2.05, 4.69) is 10.6 Å². The van der Waals surface area contributed by atoms with Crippen molar-refractivity contribution in [1.29, 1.82) is 0 Å². The van der Waals surface area contributed by atoms with E-state index in [9.17, 15) is 22.8 Å². The van der Waals surface area contributed by atoms with Gasteiger partial charge in [0.2, 0.25) is 27.6 Å². The Hall–Kier alpha value is -3.18. The minimum atomic E-state index is -3.90. The van der Waals surface area contributed by atoms with E-state index >= 15 is 0 Å². The van der Waals surface area contributed by atoms with Crippen molar-refractivity contribution in [3.05, 3.63) is 47.9 Å². The predicted octanol–water partition coefficient (Wildman–Crippen LogP) is 1.88. The summed E-state index contributed by atoms with van der Waals surface area (Å²) in [5, 5.41) is 5.25. The normalized spacial score (nSPS) is 16.5. The molecule has 2 heterocycles. The number of furan rings is 1. The van der Waals surface area contributed by atoms with Crippen molar-refractivity contribution in [2.45, 2.75) is 44.2 Å². The Balaban J connectivity index is 1.65. The number of nitrogens with zero attached hydrogens (tertiary/aromatic N) is 1. The predicted molar refractivity (Wildman–Crippen MR) is 114 cm³/mol. The third kappa shape index (κ3) is 5.35. The molecule has 10 nitrogen and oxygen atoms in total. The molecule has 1 aliphatic rings. The Morgan fingerprint density at radius 2 is 1.88 bits per heavy atom. The Morgan fingerprint density at radius 3 is 2.53 bits per heavy atom. The van der Waals surface area contributed by atoms with E-state index in [1.807, 2.05) is 0 Å². The fourth-order valence-corrected chi connectivity index (χ4v) is 5.07. The van der Waals surface area contributed by atoms with Gasteiger partial charge in [0.05, 0.1) is 18.0 Å². The van der Waals surface area contributed by atoms with Crippen LogP contribution in [0.15, 0.2) is 45.7 Å². The van der Waals surface area contributed by atoms with Crippen LogP contribution in [-0.2, 0) is 30.9 Å². The Kier molecular flexibility index (Phi) is 7.31. The Bertz CT molecular complexity index is 1090. The molecule has 2 amide bonds. The summed E-state index contributed by atoms with van der Waals surface area (Å²) in [5.41, 5.74) is 0.479. The minimum Gasteiger partial charge on any atom is -0.460 e. The molecular weight excluding hydrogens is 438 g/mol. The highest BCUT2D eigenvalue weighted by atomic mass is 32.2. The second-order valence-corrected chi connectivity index (χ2v) is 9.07. The third-order valence-corrected chi connectivity index (χ3v) is 6.79. The van der Waals surface area contributed by atoms with Crippen molar-refractivity contribution < 1.29 is 32.0 Å². The van der Waals surface area contributed by atoms with E-state index in [0.29, 0.717) is 24.3 Å². The maximum atomic E-state index is 13.1. The highest BCUT2D eigenvalue weighted by molar-refractivity contribution is 7.89. The highest BCUT2D eigenvalue weighted by Crippen LogP contribution is 2.27. The van der Waals surface area contributed by atoms with Crippen LogP contribution < -0.4 is 10.6 Å². The van der Waals surface area contributed by atoms with Crippen LogP contribution in [0.25, 0.3) is 0 Å². The first-order valence-corrected chi connectivity index (χ1v) is 11.6. The second kappa shape index (κ2) is 9.96. The van der Waals surface area contributed by atoms with Crippen LogP contribution >= 0.6 is 0 Å². The molecule has 1 atom stereocenters. The molecular formula is C21H25N3O7S. The van der Waals surface area contributed by atoms with Gasteiger partial charge in [0, 0.05) is 19.2 Å². The smallest absolute Gasteiger partial charge is 0.374 e. The van der Waals surface area contributed by atoms with Gasteiger partial charge in [-0.3, -0.25) is 9.59 Å². The molecule has 0 radical (unpaired) electrons. The topological polar surface area (TPSA) is 135 Å². The maximum Gasteiger partial charge on any atom is 0.374 e. The number of sulfonamides is 1. The van der Waals surface area contributed by atoms with Gasteiger partial charge >= 0.3 is 5.97 Å². The number of amides is 2. The average molecular weight is 464 g/mol. The second-order valence-electron chi connectivity index (χ2n) is 7.18. The lowest BCUT2D eigenvalue weighted by Crippen LogP contribution is -2.45. The zero-order valence-electron chi connectivity index (χ0n) is 17.8. The lowest BCUT2D eigenvalue weighted by molar-refractivity contribution is -0.124. The molecule has 1 aliphatic heterocycles. The molecule has 3 rings (SSSR count). The van der Waals surface area contributed by atoms with Crippen LogP contribution in [0.2, 0.25) is 0 Å². The van der Waals surface area contributed by atoms with E-state index in [1.165, 1.54) is 41.6 Å². The summed E-state index contributed by atoms with van der Waals surface area (Å²) in [5.74, 6) is -0.924. The SMILES string of the molecule is CCOC(=O)c1ccc(CNC(=O)[C@@H]2CCCN2S(=O)(=O)c2ccc(NC(C)=O)cc2)o1. The molecule has 0 spiro atoms. The van der Waals surface area contributed by atoms with Gasteiger partial charge in [0.25, 0.3) is 0 Å².